The summed E-state index contributed by atoms with van der Waals surface area (Å²) in [5.74, 6) is 0. The Bertz CT molecular complexity index is 500. The second kappa shape index (κ2) is 6.33. The second-order valence-corrected chi connectivity index (χ2v) is 5.33. The van der Waals surface area contributed by atoms with Crippen molar-refractivity contribution >= 4 is 0 Å². The van der Waals surface area contributed by atoms with Gasteiger partial charge in [-0.2, -0.15) is 5.26 Å². The van der Waals surface area contributed by atoms with Gasteiger partial charge in [0.25, 0.3) is 0 Å². The van der Waals surface area contributed by atoms with E-state index in [-0.39, 0.29) is 6.10 Å². The lowest BCUT2D eigenvalue weighted by atomic mass is 10.1. The standard InChI is InChI=1S/C15H20N2O3/c1-10-14(18)15(19)13(20-10)9-17(2)8-12-6-4-3-5-11(12)7-16/h3-6,10,13-15,18-19H,8-9H2,1-2H3/t10-,13+,14?,15-/m0/s1. The molecule has 0 bridgehead atoms. The summed E-state index contributed by atoms with van der Waals surface area (Å²) in [6.45, 7) is 2.85. The average molecular weight is 276 g/mol. The first kappa shape index (κ1) is 14.9. The van der Waals surface area contributed by atoms with Gasteiger partial charge in [0.2, 0.25) is 0 Å². The van der Waals surface area contributed by atoms with Crippen LogP contribution in [0.4, 0.5) is 0 Å². The molecule has 0 spiro atoms. The predicted octanol–water partition coefficient (Wildman–Crippen LogP) is 0.499. The molecule has 108 valence electrons. The van der Waals surface area contributed by atoms with Gasteiger partial charge in [0.05, 0.1) is 23.8 Å². The van der Waals surface area contributed by atoms with Crippen LogP contribution in [0.3, 0.4) is 0 Å². The molecule has 0 saturated carbocycles. The first-order valence-corrected chi connectivity index (χ1v) is 6.71. The van der Waals surface area contributed by atoms with E-state index in [0.29, 0.717) is 18.7 Å². The predicted molar refractivity (Wildman–Crippen MR) is 73.8 cm³/mol. The third-order valence-corrected chi connectivity index (χ3v) is 3.67. The maximum atomic E-state index is 9.89. The van der Waals surface area contributed by atoms with Gasteiger partial charge in [0.15, 0.2) is 0 Å². The Labute approximate surface area is 119 Å². The number of likely N-dealkylation sites (N-methyl/N-ethyl adjacent to an activating group) is 1. The highest BCUT2D eigenvalue weighted by molar-refractivity contribution is 5.37. The average Bonchev–Trinajstić information content (AvgIpc) is 2.67. The smallest absolute Gasteiger partial charge is 0.110 e. The molecule has 0 amide bonds. The summed E-state index contributed by atoms with van der Waals surface area (Å²) in [5, 5.41) is 28.6. The number of hydrogen-bond donors (Lipinski definition) is 2. The molecule has 0 aromatic heterocycles. The molecule has 1 heterocycles. The van der Waals surface area contributed by atoms with Gasteiger partial charge in [-0.25, -0.2) is 0 Å². The summed E-state index contributed by atoms with van der Waals surface area (Å²) in [5.41, 5.74) is 1.60. The minimum atomic E-state index is -0.862. The number of nitrogens with zero attached hydrogens (tertiary/aromatic N) is 2. The number of nitriles is 1. The second-order valence-electron chi connectivity index (χ2n) is 5.33. The highest BCUT2D eigenvalue weighted by atomic mass is 16.5. The maximum absolute atomic E-state index is 9.89. The fourth-order valence-corrected chi connectivity index (χ4v) is 2.52. The summed E-state index contributed by atoms with van der Waals surface area (Å²) in [4.78, 5) is 1.98. The number of benzene rings is 1. The molecule has 0 aliphatic carbocycles. The first-order chi connectivity index (χ1) is 9.52. The van der Waals surface area contributed by atoms with E-state index in [0.717, 1.165) is 5.56 Å². The zero-order valence-corrected chi connectivity index (χ0v) is 11.7. The molecule has 1 fully saturated rings. The van der Waals surface area contributed by atoms with E-state index >= 15 is 0 Å². The number of ether oxygens (including phenoxy) is 1. The van der Waals surface area contributed by atoms with Crippen LogP contribution in [0, 0.1) is 11.3 Å². The van der Waals surface area contributed by atoms with Gasteiger partial charge in [-0.15, -0.1) is 0 Å². The van der Waals surface area contributed by atoms with Crippen LogP contribution in [0.25, 0.3) is 0 Å². The van der Waals surface area contributed by atoms with Crippen molar-refractivity contribution in [3.8, 4) is 6.07 Å². The maximum Gasteiger partial charge on any atom is 0.110 e. The van der Waals surface area contributed by atoms with Gasteiger partial charge in [-0.05, 0) is 25.6 Å². The van der Waals surface area contributed by atoms with Crippen LogP contribution in [0.2, 0.25) is 0 Å². The van der Waals surface area contributed by atoms with Crippen LogP contribution in [0.5, 0.6) is 0 Å². The topological polar surface area (TPSA) is 76.7 Å². The summed E-state index contributed by atoms with van der Waals surface area (Å²) in [6, 6.07) is 9.61. The number of aliphatic hydroxyl groups excluding tert-OH is 2. The zero-order valence-electron chi connectivity index (χ0n) is 11.7. The Morgan fingerprint density at radius 1 is 1.30 bits per heavy atom. The van der Waals surface area contributed by atoms with E-state index in [9.17, 15) is 10.2 Å². The quantitative estimate of drug-likeness (QED) is 0.837. The lowest BCUT2D eigenvalue weighted by molar-refractivity contribution is -0.00254. The monoisotopic (exact) mass is 276 g/mol. The normalized spacial score (nSPS) is 29.6. The lowest BCUT2D eigenvalue weighted by Crippen LogP contribution is -2.38. The molecular weight excluding hydrogens is 256 g/mol. The highest BCUT2D eigenvalue weighted by Gasteiger charge is 2.40. The Hall–Kier alpha value is -1.45. The Morgan fingerprint density at radius 3 is 2.60 bits per heavy atom. The van der Waals surface area contributed by atoms with Crippen molar-refractivity contribution in [3.63, 3.8) is 0 Å². The molecule has 4 atom stereocenters. The molecule has 1 saturated heterocycles. The van der Waals surface area contributed by atoms with E-state index in [4.69, 9.17) is 10.00 Å². The van der Waals surface area contributed by atoms with Crippen molar-refractivity contribution in [2.75, 3.05) is 13.6 Å². The fraction of sp³-hybridized carbons (Fsp3) is 0.533. The number of rotatable bonds is 4. The van der Waals surface area contributed by atoms with E-state index < -0.39 is 18.3 Å². The van der Waals surface area contributed by atoms with Crippen LogP contribution in [-0.2, 0) is 11.3 Å². The van der Waals surface area contributed by atoms with Gasteiger partial charge in [-0.3, -0.25) is 4.90 Å². The van der Waals surface area contributed by atoms with E-state index in [1.54, 1.807) is 13.0 Å². The molecule has 2 rings (SSSR count). The number of aliphatic hydroxyl groups is 2. The van der Waals surface area contributed by atoms with Gasteiger partial charge < -0.3 is 14.9 Å². The van der Waals surface area contributed by atoms with Crippen molar-refractivity contribution in [1.82, 2.24) is 4.90 Å². The SMILES string of the molecule is C[C@@H]1O[C@H](CN(C)Cc2ccccc2C#N)[C@H](O)C1O. The summed E-state index contributed by atoms with van der Waals surface area (Å²) < 4.78 is 5.54. The lowest BCUT2D eigenvalue weighted by Gasteiger charge is -2.23. The summed E-state index contributed by atoms with van der Waals surface area (Å²) in [6.07, 6.45) is -2.45. The molecule has 1 unspecified atom stereocenters. The molecule has 20 heavy (non-hydrogen) atoms. The third-order valence-electron chi connectivity index (χ3n) is 3.67. The Kier molecular flexibility index (Phi) is 4.73. The van der Waals surface area contributed by atoms with Crippen molar-refractivity contribution in [3.05, 3.63) is 35.4 Å². The van der Waals surface area contributed by atoms with Gasteiger partial charge in [0.1, 0.15) is 12.2 Å². The molecule has 1 aromatic carbocycles. The van der Waals surface area contributed by atoms with Crippen LogP contribution < -0.4 is 0 Å². The summed E-state index contributed by atoms with van der Waals surface area (Å²) >= 11 is 0. The highest BCUT2D eigenvalue weighted by Crippen LogP contribution is 2.22. The van der Waals surface area contributed by atoms with Gasteiger partial charge in [0, 0.05) is 13.1 Å². The fourth-order valence-electron chi connectivity index (χ4n) is 2.52. The van der Waals surface area contributed by atoms with Crippen LogP contribution in [0.1, 0.15) is 18.1 Å². The molecule has 1 aromatic rings. The van der Waals surface area contributed by atoms with Crippen LogP contribution in [0.15, 0.2) is 24.3 Å². The minimum absolute atomic E-state index is 0.352. The van der Waals surface area contributed by atoms with Crippen LogP contribution in [-0.4, -0.2) is 53.1 Å². The molecule has 5 heteroatoms. The van der Waals surface area contributed by atoms with Gasteiger partial charge in [-0.1, -0.05) is 18.2 Å². The van der Waals surface area contributed by atoms with E-state index in [1.165, 1.54) is 0 Å². The molecule has 1 aliphatic heterocycles. The molecule has 2 N–H and O–H groups in total. The van der Waals surface area contributed by atoms with E-state index in [1.807, 2.05) is 30.1 Å². The van der Waals surface area contributed by atoms with Crippen molar-refractivity contribution in [2.24, 2.45) is 0 Å². The van der Waals surface area contributed by atoms with Crippen molar-refractivity contribution in [2.45, 2.75) is 37.9 Å². The molecule has 0 radical (unpaired) electrons. The third kappa shape index (κ3) is 3.17. The Morgan fingerprint density at radius 2 is 2.00 bits per heavy atom. The summed E-state index contributed by atoms with van der Waals surface area (Å²) in [7, 11) is 1.90. The van der Waals surface area contributed by atoms with Crippen molar-refractivity contribution in [1.29, 1.82) is 5.26 Å². The van der Waals surface area contributed by atoms with E-state index in [2.05, 4.69) is 6.07 Å². The zero-order chi connectivity index (χ0) is 14.7. The molecular formula is C15H20N2O3. The number of hydrogen-bond acceptors (Lipinski definition) is 5. The van der Waals surface area contributed by atoms with Crippen molar-refractivity contribution < 1.29 is 14.9 Å². The molecule has 5 nitrogen and oxygen atoms in total. The largest absolute Gasteiger partial charge is 0.388 e. The van der Waals surface area contributed by atoms with Crippen LogP contribution >= 0.6 is 0 Å². The first-order valence-electron chi connectivity index (χ1n) is 6.71. The minimum Gasteiger partial charge on any atom is -0.388 e. The Balaban J connectivity index is 1.96. The van der Waals surface area contributed by atoms with Gasteiger partial charge >= 0.3 is 0 Å². The molecule has 1 aliphatic rings.